The van der Waals surface area contributed by atoms with Gasteiger partial charge in [-0.15, -0.1) is 0 Å². The minimum atomic E-state index is 0.0141. The van der Waals surface area contributed by atoms with Crippen LogP contribution in [0.15, 0.2) is 34.4 Å². The highest BCUT2D eigenvalue weighted by Gasteiger charge is 2.25. The summed E-state index contributed by atoms with van der Waals surface area (Å²) in [7, 11) is 2.05. The Balaban J connectivity index is 1.63. The number of aromatic nitrogens is 1. The number of amides is 1. The number of nitrogens with one attached hydrogen (secondary N) is 1. The first-order chi connectivity index (χ1) is 18.0. The lowest BCUT2D eigenvalue weighted by molar-refractivity contribution is -0.127. The zero-order chi connectivity index (χ0) is 26.5. The maximum absolute atomic E-state index is 12.6. The SMILES string of the molecule is CCCOCC(N=CCc1ccc2ncc(N)cc2c1CCCCNC(=O)[C@@H]1CCCCN1C)=NCC. The molecule has 1 aromatic heterocycles. The van der Waals surface area contributed by atoms with Gasteiger partial charge in [0.1, 0.15) is 12.4 Å². The van der Waals surface area contributed by atoms with Crippen LogP contribution in [-0.2, 0) is 22.4 Å². The molecule has 1 aromatic carbocycles. The van der Waals surface area contributed by atoms with Gasteiger partial charge in [-0.25, -0.2) is 4.99 Å². The summed E-state index contributed by atoms with van der Waals surface area (Å²) in [5.41, 5.74) is 10.2. The standard InChI is InChI=1S/C29H44N6O2/c1-4-18-37-21-28(31-5-2)32-16-14-22-12-13-26-25(19-23(30)20-34-26)24(22)10-6-8-15-33-29(36)27-11-7-9-17-35(27)3/h12-13,16,19-20,27H,4-11,14-15,17-18,21,30H2,1-3H3,(H,33,36)/t27-/m0/s1. The number of hydrogen-bond donors (Lipinski definition) is 2. The van der Waals surface area contributed by atoms with E-state index in [4.69, 9.17) is 10.5 Å². The molecule has 2 heterocycles. The normalized spacial score (nSPS) is 17.1. The molecular formula is C29H44N6O2. The molecule has 0 unspecified atom stereocenters. The molecule has 0 bridgehead atoms. The predicted molar refractivity (Wildman–Crippen MR) is 154 cm³/mol. The average molecular weight is 509 g/mol. The number of unbranched alkanes of at least 4 members (excludes halogenated alkanes) is 1. The van der Waals surface area contributed by atoms with Crippen LogP contribution in [0.4, 0.5) is 5.69 Å². The van der Waals surface area contributed by atoms with E-state index in [9.17, 15) is 4.79 Å². The van der Waals surface area contributed by atoms with Crippen LogP contribution in [0.5, 0.6) is 0 Å². The van der Waals surface area contributed by atoms with Gasteiger partial charge >= 0.3 is 0 Å². The number of nitrogen functional groups attached to an aromatic ring is 1. The maximum Gasteiger partial charge on any atom is 0.237 e. The van der Waals surface area contributed by atoms with Crippen LogP contribution in [0.2, 0.25) is 0 Å². The van der Waals surface area contributed by atoms with Crippen LogP contribution in [0.25, 0.3) is 10.9 Å². The molecule has 3 N–H and O–H groups in total. The van der Waals surface area contributed by atoms with Crippen LogP contribution in [0.1, 0.15) is 63.5 Å². The zero-order valence-electron chi connectivity index (χ0n) is 22.8. The minimum Gasteiger partial charge on any atom is -0.397 e. The van der Waals surface area contributed by atoms with Crippen LogP contribution in [0, 0.1) is 0 Å². The van der Waals surface area contributed by atoms with Gasteiger partial charge in [-0.3, -0.25) is 19.7 Å². The molecule has 1 amide bonds. The van der Waals surface area contributed by atoms with Crippen molar-refractivity contribution in [1.29, 1.82) is 0 Å². The Hall–Kier alpha value is -2.84. The van der Waals surface area contributed by atoms with E-state index in [2.05, 4.69) is 38.2 Å². The van der Waals surface area contributed by atoms with Crippen LogP contribution in [-0.4, -0.2) is 73.8 Å². The summed E-state index contributed by atoms with van der Waals surface area (Å²) in [6, 6.07) is 6.22. The summed E-state index contributed by atoms with van der Waals surface area (Å²) in [5.74, 6) is 0.886. The lowest BCUT2D eigenvalue weighted by atomic mass is 9.95. The van der Waals surface area contributed by atoms with Gasteiger partial charge in [-0.05, 0) is 82.3 Å². The van der Waals surface area contributed by atoms with Crippen molar-refractivity contribution in [3.8, 4) is 0 Å². The summed E-state index contributed by atoms with van der Waals surface area (Å²) in [5, 5.41) is 4.24. The number of anilines is 1. The lowest BCUT2D eigenvalue weighted by Gasteiger charge is -2.31. The van der Waals surface area contributed by atoms with Crippen molar-refractivity contribution in [2.75, 3.05) is 45.6 Å². The van der Waals surface area contributed by atoms with Gasteiger partial charge in [0.15, 0.2) is 0 Å². The quantitative estimate of drug-likeness (QED) is 0.240. The molecule has 2 aromatic rings. The Morgan fingerprint density at radius 2 is 2.16 bits per heavy atom. The van der Waals surface area contributed by atoms with Gasteiger partial charge in [0.2, 0.25) is 5.91 Å². The third kappa shape index (κ3) is 8.90. The molecule has 8 nitrogen and oxygen atoms in total. The van der Waals surface area contributed by atoms with E-state index < -0.39 is 0 Å². The maximum atomic E-state index is 12.6. The minimum absolute atomic E-state index is 0.0141. The molecule has 1 atom stereocenters. The highest BCUT2D eigenvalue weighted by molar-refractivity contribution is 5.92. The smallest absolute Gasteiger partial charge is 0.237 e. The lowest BCUT2D eigenvalue weighted by Crippen LogP contribution is -2.47. The number of nitrogens with zero attached hydrogens (tertiary/aromatic N) is 4. The number of fused-ring (bicyclic) bond motifs is 1. The Labute approximate surface area is 221 Å². The Bertz CT molecular complexity index is 1070. The molecule has 202 valence electrons. The molecule has 0 aliphatic carbocycles. The molecule has 1 aliphatic rings. The highest BCUT2D eigenvalue weighted by atomic mass is 16.5. The first kappa shape index (κ1) is 28.7. The van der Waals surface area contributed by atoms with E-state index in [1.807, 2.05) is 32.3 Å². The first-order valence-electron chi connectivity index (χ1n) is 13.8. The van der Waals surface area contributed by atoms with E-state index in [0.717, 1.165) is 61.8 Å². The molecule has 8 heteroatoms. The van der Waals surface area contributed by atoms with Crippen molar-refractivity contribution in [2.24, 2.45) is 9.98 Å². The number of nitrogens with two attached hydrogens (primary N) is 1. The number of likely N-dealkylation sites (N-methyl/N-ethyl adjacent to an activating group) is 1. The van der Waals surface area contributed by atoms with E-state index in [1.165, 1.54) is 17.5 Å². The molecule has 0 saturated carbocycles. The fourth-order valence-electron chi connectivity index (χ4n) is 4.83. The number of carbonyl (C=O) groups is 1. The molecule has 1 saturated heterocycles. The summed E-state index contributed by atoms with van der Waals surface area (Å²) in [4.78, 5) is 28.4. The van der Waals surface area contributed by atoms with Crippen molar-refractivity contribution in [3.63, 3.8) is 0 Å². The van der Waals surface area contributed by atoms with Crippen LogP contribution >= 0.6 is 0 Å². The zero-order valence-corrected chi connectivity index (χ0v) is 22.8. The number of hydrogen-bond acceptors (Lipinski definition) is 6. The third-order valence-corrected chi connectivity index (χ3v) is 6.79. The largest absolute Gasteiger partial charge is 0.397 e. The molecular weight excluding hydrogens is 464 g/mol. The van der Waals surface area contributed by atoms with Crippen molar-refractivity contribution >= 4 is 34.5 Å². The van der Waals surface area contributed by atoms with E-state index in [-0.39, 0.29) is 11.9 Å². The summed E-state index contributed by atoms with van der Waals surface area (Å²) in [6.07, 6.45) is 11.3. The second-order valence-corrected chi connectivity index (χ2v) is 9.74. The summed E-state index contributed by atoms with van der Waals surface area (Å²) >= 11 is 0. The monoisotopic (exact) mass is 508 g/mol. The average Bonchev–Trinajstić information content (AvgIpc) is 2.89. The number of carbonyl (C=O) groups excluding carboxylic acids is 1. The summed E-state index contributed by atoms with van der Waals surface area (Å²) < 4.78 is 5.63. The van der Waals surface area contributed by atoms with Crippen LogP contribution in [0.3, 0.4) is 0 Å². The van der Waals surface area contributed by atoms with Gasteiger partial charge in [-0.2, -0.15) is 0 Å². The van der Waals surface area contributed by atoms with Gasteiger partial charge in [0, 0.05) is 37.7 Å². The first-order valence-corrected chi connectivity index (χ1v) is 13.8. The highest BCUT2D eigenvalue weighted by Crippen LogP contribution is 2.25. The number of aryl methyl sites for hydroxylation is 1. The molecule has 1 fully saturated rings. The summed E-state index contributed by atoms with van der Waals surface area (Å²) in [6.45, 7) is 7.61. The Morgan fingerprint density at radius 3 is 2.95 bits per heavy atom. The number of likely N-dealkylation sites (tertiary alicyclic amines) is 1. The Kier molecular flexibility index (Phi) is 12.0. The fourth-order valence-corrected chi connectivity index (χ4v) is 4.83. The number of benzene rings is 1. The van der Waals surface area contributed by atoms with Gasteiger partial charge in [0.05, 0.1) is 23.4 Å². The van der Waals surface area contributed by atoms with Crippen LogP contribution < -0.4 is 11.1 Å². The van der Waals surface area contributed by atoms with Crippen molar-refractivity contribution in [2.45, 2.75) is 71.3 Å². The van der Waals surface area contributed by atoms with Crippen molar-refractivity contribution < 1.29 is 9.53 Å². The number of piperidine rings is 1. The van der Waals surface area contributed by atoms with E-state index >= 15 is 0 Å². The molecule has 0 spiro atoms. The van der Waals surface area contributed by atoms with E-state index in [1.54, 1.807) is 6.20 Å². The number of rotatable bonds is 13. The van der Waals surface area contributed by atoms with Gasteiger partial charge < -0.3 is 15.8 Å². The number of amidine groups is 1. The number of ether oxygens (including phenoxy) is 1. The topological polar surface area (TPSA) is 105 Å². The number of aliphatic imine (C=N–C) groups is 2. The molecule has 37 heavy (non-hydrogen) atoms. The Morgan fingerprint density at radius 1 is 1.30 bits per heavy atom. The predicted octanol–water partition coefficient (Wildman–Crippen LogP) is 4.20. The second kappa shape index (κ2) is 15.4. The third-order valence-electron chi connectivity index (χ3n) is 6.79. The molecule has 1 aliphatic heterocycles. The second-order valence-electron chi connectivity index (χ2n) is 9.74. The fraction of sp³-hybridized carbons (Fsp3) is 0.586. The van der Waals surface area contributed by atoms with Crippen molar-refractivity contribution in [1.82, 2.24) is 15.2 Å². The van der Waals surface area contributed by atoms with E-state index in [0.29, 0.717) is 38.4 Å². The molecule has 3 rings (SSSR count). The van der Waals surface area contributed by atoms with Gasteiger partial charge in [-0.1, -0.05) is 19.4 Å². The molecule has 0 radical (unpaired) electrons. The van der Waals surface area contributed by atoms with Crippen molar-refractivity contribution in [3.05, 3.63) is 35.5 Å². The van der Waals surface area contributed by atoms with Gasteiger partial charge in [0.25, 0.3) is 0 Å². The number of pyridine rings is 1.